The van der Waals surface area contributed by atoms with Crippen molar-refractivity contribution in [2.45, 2.75) is 19.3 Å². The lowest BCUT2D eigenvalue weighted by Gasteiger charge is -2.16. The number of nitrogens with zero attached hydrogens (tertiary/aromatic N) is 3. The van der Waals surface area contributed by atoms with Crippen LogP contribution in [0.4, 0.5) is 0 Å². The number of aromatic nitrogens is 2. The van der Waals surface area contributed by atoms with Crippen molar-refractivity contribution in [1.29, 1.82) is 5.26 Å². The van der Waals surface area contributed by atoms with Gasteiger partial charge in [0.05, 0.1) is 22.7 Å². The molecule has 7 aromatic rings. The van der Waals surface area contributed by atoms with Crippen molar-refractivity contribution < 1.29 is 0 Å². The van der Waals surface area contributed by atoms with Crippen LogP contribution in [-0.2, 0) is 6.42 Å². The maximum atomic E-state index is 13.8. The highest BCUT2D eigenvalue weighted by Gasteiger charge is 2.20. The van der Waals surface area contributed by atoms with Crippen molar-refractivity contribution >= 4 is 38.2 Å². The Hall–Kier alpha value is -5.01. The molecule has 0 saturated carbocycles. The molecule has 180 valence electrons. The summed E-state index contributed by atoms with van der Waals surface area (Å²) in [5, 5.41) is 13.6. The van der Waals surface area contributed by atoms with Crippen LogP contribution in [0.5, 0.6) is 0 Å². The number of imidazole rings is 1. The van der Waals surface area contributed by atoms with E-state index in [1.807, 2.05) is 48.5 Å². The molecule has 0 bridgehead atoms. The average Bonchev–Trinajstić information content (AvgIpc) is 3.34. The second-order valence-corrected chi connectivity index (χ2v) is 9.95. The molecule has 0 aliphatic heterocycles. The summed E-state index contributed by atoms with van der Waals surface area (Å²) in [4.78, 5) is 18.8. The molecule has 0 amide bonds. The third kappa shape index (κ3) is 3.37. The second-order valence-electron chi connectivity index (χ2n) is 9.95. The summed E-state index contributed by atoms with van der Waals surface area (Å²) < 4.78 is 1.69. The van der Waals surface area contributed by atoms with Crippen LogP contribution in [0.25, 0.3) is 38.2 Å². The number of hydrogen-bond donors (Lipinski definition) is 0. The Labute approximate surface area is 219 Å². The van der Waals surface area contributed by atoms with E-state index < -0.39 is 0 Å². The predicted molar refractivity (Wildman–Crippen MR) is 153 cm³/mol. The van der Waals surface area contributed by atoms with Gasteiger partial charge >= 0.3 is 0 Å². The van der Waals surface area contributed by atoms with E-state index in [0.29, 0.717) is 28.5 Å². The topological polar surface area (TPSA) is 58.2 Å². The van der Waals surface area contributed by atoms with Gasteiger partial charge < -0.3 is 0 Å². The Morgan fingerprint density at radius 3 is 2.37 bits per heavy atom. The lowest BCUT2D eigenvalue weighted by atomic mass is 9.89. The van der Waals surface area contributed by atoms with Crippen molar-refractivity contribution in [3.05, 3.63) is 141 Å². The van der Waals surface area contributed by atoms with Crippen LogP contribution in [0.2, 0.25) is 0 Å². The molecule has 1 atom stereocenters. The molecule has 2 aromatic heterocycles. The molecule has 2 heterocycles. The fourth-order valence-corrected chi connectivity index (χ4v) is 5.73. The van der Waals surface area contributed by atoms with Crippen molar-refractivity contribution in [2.24, 2.45) is 0 Å². The maximum absolute atomic E-state index is 13.8. The standard InChI is InChI=1S/C34H23N3O/c1-21(23-11-6-3-7-12-23)25-16-24-13-8-14-28-32(24)29(17-25)33-36-30-18-26(15-22-9-4-2-5-10-22)27(20-35)19-31(30)37(33)34(28)38/h2-14,16-19,21H,15H2,1H3. The van der Waals surface area contributed by atoms with Crippen molar-refractivity contribution in [2.75, 3.05) is 0 Å². The molecule has 4 heteroatoms. The van der Waals surface area contributed by atoms with E-state index in [-0.39, 0.29) is 11.5 Å². The summed E-state index contributed by atoms with van der Waals surface area (Å²) in [7, 11) is 0. The lowest BCUT2D eigenvalue weighted by molar-refractivity contribution is 0.926. The molecule has 0 N–H and O–H groups in total. The minimum Gasteiger partial charge on any atom is -0.268 e. The van der Waals surface area contributed by atoms with Gasteiger partial charge in [0.15, 0.2) is 0 Å². The molecule has 1 unspecified atom stereocenters. The van der Waals surface area contributed by atoms with Crippen LogP contribution in [-0.4, -0.2) is 9.38 Å². The van der Waals surface area contributed by atoms with E-state index in [1.165, 1.54) is 11.1 Å². The molecule has 0 saturated heterocycles. The Morgan fingerprint density at radius 1 is 0.842 bits per heavy atom. The Kier molecular flexibility index (Phi) is 4.99. The number of fused-ring (bicyclic) bond motifs is 4. The minimum atomic E-state index is -0.107. The lowest BCUT2D eigenvalue weighted by Crippen LogP contribution is -2.13. The number of hydrogen-bond acceptors (Lipinski definition) is 3. The van der Waals surface area contributed by atoms with Gasteiger partial charge in [-0.25, -0.2) is 4.98 Å². The summed E-state index contributed by atoms with van der Waals surface area (Å²) in [6.45, 7) is 2.21. The van der Waals surface area contributed by atoms with Gasteiger partial charge in [0, 0.05) is 22.1 Å². The quantitative estimate of drug-likeness (QED) is 0.263. The average molecular weight is 490 g/mol. The van der Waals surface area contributed by atoms with E-state index >= 15 is 0 Å². The van der Waals surface area contributed by atoms with Gasteiger partial charge in [-0.1, -0.05) is 85.8 Å². The Balaban J connectivity index is 1.53. The van der Waals surface area contributed by atoms with Gasteiger partial charge in [-0.2, -0.15) is 5.26 Å². The van der Waals surface area contributed by atoms with Gasteiger partial charge in [0.2, 0.25) is 0 Å². The molecule has 4 nitrogen and oxygen atoms in total. The maximum Gasteiger partial charge on any atom is 0.264 e. The van der Waals surface area contributed by atoms with Gasteiger partial charge in [0.25, 0.3) is 5.56 Å². The largest absolute Gasteiger partial charge is 0.268 e. The zero-order chi connectivity index (χ0) is 25.8. The Morgan fingerprint density at radius 2 is 1.61 bits per heavy atom. The Bertz CT molecular complexity index is 2090. The zero-order valence-electron chi connectivity index (χ0n) is 20.8. The van der Waals surface area contributed by atoms with Gasteiger partial charge in [-0.05, 0) is 58.3 Å². The van der Waals surface area contributed by atoms with Crippen molar-refractivity contribution in [1.82, 2.24) is 9.38 Å². The third-order valence-corrected chi connectivity index (χ3v) is 7.71. The van der Waals surface area contributed by atoms with E-state index in [2.05, 4.69) is 67.6 Å². The number of benzene rings is 5. The summed E-state index contributed by atoms with van der Waals surface area (Å²) in [5.74, 6) is 0.179. The fourth-order valence-electron chi connectivity index (χ4n) is 5.73. The monoisotopic (exact) mass is 489 g/mol. The van der Waals surface area contributed by atoms with Crippen LogP contribution in [0, 0.1) is 11.3 Å². The second kappa shape index (κ2) is 8.54. The number of nitriles is 1. The van der Waals surface area contributed by atoms with Crippen molar-refractivity contribution in [3.63, 3.8) is 0 Å². The smallest absolute Gasteiger partial charge is 0.264 e. The van der Waals surface area contributed by atoms with Crippen LogP contribution in [0.15, 0.2) is 108 Å². The molecule has 0 aliphatic carbocycles. The SMILES string of the molecule is CC(c1ccccc1)c1cc2cccc3c(=O)n4c5cc(C#N)c(Cc6ccccc6)cc5nc4c(c1)c23. The first-order valence-corrected chi connectivity index (χ1v) is 12.8. The first-order valence-electron chi connectivity index (χ1n) is 12.8. The first kappa shape index (κ1) is 22.2. The van der Waals surface area contributed by atoms with Gasteiger partial charge in [-0.3, -0.25) is 9.20 Å². The highest BCUT2D eigenvalue weighted by molar-refractivity contribution is 6.15. The molecule has 7 rings (SSSR count). The van der Waals surface area contributed by atoms with Gasteiger partial charge in [0.1, 0.15) is 5.65 Å². The predicted octanol–water partition coefficient (Wildman–Crippen LogP) is 7.21. The van der Waals surface area contributed by atoms with Gasteiger partial charge in [-0.15, -0.1) is 0 Å². The normalized spacial score (nSPS) is 12.4. The summed E-state index contributed by atoms with van der Waals surface area (Å²) in [6.07, 6.45) is 0.629. The van der Waals surface area contributed by atoms with E-state index in [1.54, 1.807) is 4.40 Å². The van der Waals surface area contributed by atoms with E-state index in [0.717, 1.165) is 32.8 Å². The summed E-state index contributed by atoms with van der Waals surface area (Å²) >= 11 is 0. The molecule has 0 aliphatic rings. The third-order valence-electron chi connectivity index (χ3n) is 7.71. The van der Waals surface area contributed by atoms with Crippen LogP contribution in [0.3, 0.4) is 0 Å². The molecular formula is C34H23N3O. The van der Waals surface area contributed by atoms with E-state index in [4.69, 9.17) is 4.98 Å². The molecule has 0 fully saturated rings. The van der Waals surface area contributed by atoms with E-state index in [9.17, 15) is 10.1 Å². The number of pyridine rings is 1. The minimum absolute atomic E-state index is 0.107. The molecule has 0 radical (unpaired) electrons. The van der Waals surface area contributed by atoms with Crippen LogP contribution < -0.4 is 5.56 Å². The molecule has 5 aromatic carbocycles. The van der Waals surface area contributed by atoms with Crippen molar-refractivity contribution in [3.8, 4) is 6.07 Å². The number of rotatable bonds is 4. The van der Waals surface area contributed by atoms with Crippen LogP contribution >= 0.6 is 0 Å². The van der Waals surface area contributed by atoms with Crippen LogP contribution in [0.1, 0.15) is 40.7 Å². The fraction of sp³-hybridized carbons (Fsp3) is 0.0882. The highest BCUT2D eigenvalue weighted by atomic mass is 16.1. The zero-order valence-corrected chi connectivity index (χ0v) is 20.8. The first-order chi connectivity index (χ1) is 18.6. The molecular weight excluding hydrogens is 466 g/mol. The molecule has 0 spiro atoms. The molecule has 38 heavy (non-hydrogen) atoms. The summed E-state index contributed by atoms with van der Waals surface area (Å²) in [6, 6.07) is 37.0. The highest BCUT2D eigenvalue weighted by Crippen LogP contribution is 2.35. The summed E-state index contributed by atoms with van der Waals surface area (Å²) in [5.41, 5.74) is 6.92.